The Labute approximate surface area is 167 Å². The van der Waals surface area contributed by atoms with E-state index in [2.05, 4.69) is 29.1 Å². The molecule has 1 saturated carbocycles. The van der Waals surface area contributed by atoms with Gasteiger partial charge in [0.1, 0.15) is 16.2 Å². The van der Waals surface area contributed by atoms with E-state index in [1.807, 2.05) is 11.4 Å². The zero-order valence-electron chi connectivity index (χ0n) is 15.8. The van der Waals surface area contributed by atoms with Crippen molar-refractivity contribution in [2.24, 2.45) is 11.8 Å². The minimum Gasteiger partial charge on any atom is -0.452 e. The quantitative estimate of drug-likeness (QED) is 0.447. The van der Waals surface area contributed by atoms with Gasteiger partial charge in [0.2, 0.25) is 0 Å². The third kappa shape index (κ3) is 4.99. The van der Waals surface area contributed by atoms with Gasteiger partial charge in [0.25, 0.3) is 5.91 Å². The van der Waals surface area contributed by atoms with Gasteiger partial charge in [-0.3, -0.25) is 9.59 Å². The van der Waals surface area contributed by atoms with Crippen LogP contribution in [0.5, 0.6) is 0 Å². The van der Waals surface area contributed by atoms with Crippen LogP contribution in [0.2, 0.25) is 0 Å². The van der Waals surface area contributed by atoms with Crippen LogP contribution in [0.3, 0.4) is 0 Å². The molecule has 0 aliphatic heterocycles. The second kappa shape index (κ2) is 9.01. The lowest BCUT2D eigenvalue weighted by Crippen LogP contribution is -2.47. The number of esters is 1. The first-order valence-corrected chi connectivity index (χ1v) is 11.1. The van der Waals surface area contributed by atoms with Crippen LogP contribution in [0.1, 0.15) is 40.0 Å². The van der Waals surface area contributed by atoms with Crippen molar-refractivity contribution in [3.63, 3.8) is 0 Å². The number of rotatable bonds is 6. The number of amides is 1. The molecule has 0 aromatic carbocycles. The Morgan fingerprint density at radius 1 is 1.37 bits per heavy atom. The third-order valence-corrected chi connectivity index (χ3v) is 7.06. The van der Waals surface area contributed by atoms with E-state index < -0.39 is 12.1 Å². The smallest absolute Gasteiger partial charge is 0.317 e. The van der Waals surface area contributed by atoms with Crippen LogP contribution in [0.4, 0.5) is 0 Å². The number of thiophene rings is 1. The van der Waals surface area contributed by atoms with E-state index in [9.17, 15) is 9.59 Å². The zero-order chi connectivity index (χ0) is 19.4. The minimum atomic E-state index is -0.797. The molecular formula is C19H25N3O3S2. The molecule has 27 heavy (non-hydrogen) atoms. The maximum Gasteiger partial charge on any atom is 0.317 e. The topological polar surface area (TPSA) is 81.2 Å². The van der Waals surface area contributed by atoms with Gasteiger partial charge in [-0.15, -0.1) is 11.3 Å². The van der Waals surface area contributed by atoms with Gasteiger partial charge in [0, 0.05) is 11.4 Å². The van der Waals surface area contributed by atoms with Crippen molar-refractivity contribution >= 4 is 45.2 Å². The van der Waals surface area contributed by atoms with E-state index in [-0.39, 0.29) is 17.7 Å². The average molecular weight is 408 g/mol. The van der Waals surface area contributed by atoms with Crippen LogP contribution < -0.4 is 5.32 Å². The number of thioether (sulfide) groups is 1. The standard InChI is InChI=1S/C19H25N3O3S2/c1-11-5-4-6-15(12(11)2)22-17(24)13(3)25-16(23)9-27-19-14-7-8-26-18(14)20-10-21-19/h7-8,10-13,15H,4-6,9H2,1-3H3,(H,22,24)/t11-,12-,13-,15-/m1/s1. The van der Waals surface area contributed by atoms with Crippen molar-refractivity contribution in [3.05, 3.63) is 17.8 Å². The Hall–Kier alpha value is -1.67. The van der Waals surface area contributed by atoms with E-state index in [0.29, 0.717) is 11.8 Å². The molecule has 0 spiro atoms. The third-order valence-electron chi connectivity index (χ3n) is 5.26. The molecule has 2 aromatic heterocycles. The normalized spacial score (nSPS) is 23.7. The van der Waals surface area contributed by atoms with E-state index in [1.165, 1.54) is 35.8 Å². The summed E-state index contributed by atoms with van der Waals surface area (Å²) in [4.78, 5) is 33.9. The number of fused-ring (bicyclic) bond motifs is 1. The highest BCUT2D eigenvalue weighted by molar-refractivity contribution is 8.00. The molecule has 0 unspecified atom stereocenters. The summed E-state index contributed by atoms with van der Waals surface area (Å²) in [6.07, 6.45) is 4.01. The maximum absolute atomic E-state index is 12.4. The van der Waals surface area contributed by atoms with E-state index in [4.69, 9.17) is 4.74 Å². The van der Waals surface area contributed by atoms with Gasteiger partial charge in [0.15, 0.2) is 6.10 Å². The fourth-order valence-corrected chi connectivity index (χ4v) is 4.94. The van der Waals surface area contributed by atoms with Crippen molar-refractivity contribution in [3.8, 4) is 0 Å². The predicted octanol–water partition coefficient (Wildman–Crippen LogP) is 3.66. The van der Waals surface area contributed by atoms with Crippen molar-refractivity contribution in [1.29, 1.82) is 0 Å². The SMILES string of the molecule is C[C@@H]1[C@H](C)CCC[C@H]1NC(=O)[C@@H](C)OC(=O)CSc1ncnc2sccc12. The predicted molar refractivity (Wildman–Crippen MR) is 108 cm³/mol. The lowest BCUT2D eigenvalue weighted by atomic mass is 9.78. The Balaban J connectivity index is 1.48. The van der Waals surface area contributed by atoms with Gasteiger partial charge < -0.3 is 10.1 Å². The molecule has 2 aromatic rings. The molecule has 146 valence electrons. The second-order valence-electron chi connectivity index (χ2n) is 7.12. The van der Waals surface area contributed by atoms with E-state index in [0.717, 1.165) is 28.1 Å². The van der Waals surface area contributed by atoms with Crippen LogP contribution >= 0.6 is 23.1 Å². The molecule has 2 heterocycles. The molecule has 4 atom stereocenters. The van der Waals surface area contributed by atoms with Crippen LogP contribution in [0.15, 0.2) is 22.8 Å². The summed E-state index contributed by atoms with van der Waals surface area (Å²) >= 11 is 2.84. The lowest BCUT2D eigenvalue weighted by molar-refractivity contribution is -0.152. The van der Waals surface area contributed by atoms with Gasteiger partial charge >= 0.3 is 5.97 Å². The van der Waals surface area contributed by atoms with Gasteiger partial charge in [-0.25, -0.2) is 9.97 Å². The summed E-state index contributed by atoms with van der Waals surface area (Å²) < 4.78 is 5.32. The first-order chi connectivity index (χ1) is 13.0. The molecule has 1 fully saturated rings. The van der Waals surface area contributed by atoms with Crippen molar-refractivity contribution in [1.82, 2.24) is 15.3 Å². The number of nitrogens with zero attached hydrogens (tertiary/aromatic N) is 2. The van der Waals surface area contributed by atoms with Gasteiger partial charge in [-0.05, 0) is 36.6 Å². The van der Waals surface area contributed by atoms with Crippen LogP contribution in [0.25, 0.3) is 10.2 Å². The van der Waals surface area contributed by atoms with Crippen LogP contribution in [-0.4, -0.2) is 39.7 Å². The van der Waals surface area contributed by atoms with Crippen molar-refractivity contribution in [2.45, 2.75) is 57.2 Å². The summed E-state index contributed by atoms with van der Waals surface area (Å²) in [5.41, 5.74) is 0. The molecule has 8 heteroatoms. The van der Waals surface area contributed by atoms with Crippen LogP contribution in [0, 0.1) is 11.8 Å². The van der Waals surface area contributed by atoms with Gasteiger partial charge in [0.05, 0.1) is 5.75 Å². The number of carbonyl (C=O) groups excluding carboxylic acids is 2. The van der Waals surface area contributed by atoms with Gasteiger partial charge in [-0.1, -0.05) is 38.5 Å². The fraction of sp³-hybridized carbons (Fsp3) is 0.579. The fourth-order valence-electron chi connectivity index (χ4n) is 3.38. The largest absolute Gasteiger partial charge is 0.452 e. The lowest BCUT2D eigenvalue weighted by Gasteiger charge is -2.35. The second-order valence-corrected chi connectivity index (χ2v) is 8.98. The summed E-state index contributed by atoms with van der Waals surface area (Å²) in [5, 5.41) is 6.69. The highest BCUT2D eigenvalue weighted by atomic mass is 32.2. The average Bonchev–Trinajstić information content (AvgIpc) is 3.13. The molecule has 0 radical (unpaired) electrons. The molecule has 0 saturated heterocycles. The summed E-state index contributed by atoms with van der Waals surface area (Å²) in [6, 6.07) is 2.10. The highest BCUT2D eigenvalue weighted by Gasteiger charge is 2.30. The molecule has 1 amide bonds. The molecule has 6 nitrogen and oxygen atoms in total. The number of hydrogen-bond donors (Lipinski definition) is 1. The molecule has 0 bridgehead atoms. The Morgan fingerprint density at radius 3 is 3.00 bits per heavy atom. The maximum atomic E-state index is 12.4. The minimum absolute atomic E-state index is 0.108. The van der Waals surface area contributed by atoms with Crippen molar-refractivity contribution < 1.29 is 14.3 Å². The molecule has 1 N–H and O–H groups in total. The molecule has 3 rings (SSSR count). The van der Waals surface area contributed by atoms with Gasteiger partial charge in [-0.2, -0.15) is 0 Å². The highest BCUT2D eigenvalue weighted by Crippen LogP contribution is 2.30. The molecule has 1 aliphatic carbocycles. The Bertz CT molecular complexity index is 810. The Kier molecular flexibility index (Phi) is 6.70. The number of nitrogens with one attached hydrogen (secondary N) is 1. The van der Waals surface area contributed by atoms with Crippen molar-refractivity contribution in [2.75, 3.05) is 5.75 Å². The summed E-state index contributed by atoms with van der Waals surface area (Å²) in [5.74, 6) is 0.500. The monoisotopic (exact) mass is 407 g/mol. The summed E-state index contributed by atoms with van der Waals surface area (Å²) in [7, 11) is 0. The van der Waals surface area contributed by atoms with E-state index >= 15 is 0 Å². The summed E-state index contributed by atoms with van der Waals surface area (Å²) in [6.45, 7) is 6.02. The number of aromatic nitrogens is 2. The first kappa shape index (κ1) is 20.1. The van der Waals surface area contributed by atoms with Crippen LogP contribution in [-0.2, 0) is 14.3 Å². The molecular weight excluding hydrogens is 382 g/mol. The number of ether oxygens (including phenoxy) is 1. The number of hydrogen-bond acceptors (Lipinski definition) is 7. The number of carbonyl (C=O) groups is 2. The first-order valence-electron chi connectivity index (χ1n) is 9.26. The van der Waals surface area contributed by atoms with E-state index in [1.54, 1.807) is 6.92 Å². The molecule has 1 aliphatic rings. The Morgan fingerprint density at radius 2 is 2.19 bits per heavy atom. The zero-order valence-corrected chi connectivity index (χ0v) is 17.4.